The van der Waals surface area contributed by atoms with Crippen LogP contribution in [0.2, 0.25) is 0 Å². The molecule has 0 heterocycles. The standard InChI is InChI=1S/C13H22O/c1-4-11-10-13(2,3)8-7-12(11)6-5-9-14/h9H,4-8,10H2,1-3H3. The molecule has 1 nitrogen and oxygen atoms in total. The van der Waals surface area contributed by atoms with Gasteiger partial charge in [-0.2, -0.15) is 0 Å². The summed E-state index contributed by atoms with van der Waals surface area (Å²) in [7, 11) is 0. The van der Waals surface area contributed by atoms with Gasteiger partial charge >= 0.3 is 0 Å². The molecule has 0 N–H and O–H groups in total. The molecular weight excluding hydrogens is 172 g/mol. The van der Waals surface area contributed by atoms with E-state index in [2.05, 4.69) is 20.8 Å². The Morgan fingerprint density at radius 1 is 1.36 bits per heavy atom. The van der Waals surface area contributed by atoms with Gasteiger partial charge in [0.05, 0.1) is 0 Å². The summed E-state index contributed by atoms with van der Waals surface area (Å²) in [5.41, 5.74) is 3.66. The average molecular weight is 194 g/mol. The molecule has 1 aliphatic carbocycles. The van der Waals surface area contributed by atoms with Crippen LogP contribution < -0.4 is 0 Å². The second-order valence-corrected chi connectivity index (χ2v) is 5.11. The first-order valence-electron chi connectivity index (χ1n) is 5.72. The fourth-order valence-corrected chi connectivity index (χ4v) is 2.37. The van der Waals surface area contributed by atoms with Gasteiger partial charge in [0.15, 0.2) is 0 Å². The lowest BCUT2D eigenvalue weighted by Gasteiger charge is -2.33. The first-order chi connectivity index (χ1) is 6.59. The molecule has 0 atom stereocenters. The first kappa shape index (κ1) is 11.5. The van der Waals surface area contributed by atoms with Gasteiger partial charge in [-0.3, -0.25) is 0 Å². The van der Waals surface area contributed by atoms with E-state index in [0.717, 1.165) is 19.1 Å². The maximum Gasteiger partial charge on any atom is 0.120 e. The van der Waals surface area contributed by atoms with Crippen molar-refractivity contribution in [2.24, 2.45) is 5.41 Å². The minimum absolute atomic E-state index is 0.482. The van der Waals surface area contributed by atoms with E-state index in [0.29, 0.717) is 11.8 Å². The van der Waals surface area contributed by atoms with Crippen LogP contribution in [0.25, 0.3) is 0 Å². The van der Waals surface area contributed by atoms with Gasteiger partial charge in [0.25, 0.3) is 0 Å². The molecule has 0 unspecified atom stereocenters. The normalized spacial score (nSPS) is 21.1. The van der Waals surface area contributed by atoms with Crippen LogP contribution in [0.5, 0.6) is 0 Å². The number of rotatable bonds is 4. The van der Waals surface area contributed by atoms with E-state index in [9.17, 15) is 4.79 Å². The largest absolute Gasteiger partial charge is 0.303 e. The zero-order valence-corrected chi connectivity index (χ0v) is 9.73. The third-order valence-electron chi connectivity index (χ3n) is 3.29. The quantitative estimate of drug-likeness (QED) is 0.490. The molecule has 0 aromatic carbocycles. The van der Waals surface area contributed by atoms with Crippen molar-refractivity contribution in [2.75, 3.05) is 0 Å². The lowest BCUT2D eigenvalue weighted by atomic mass is 9.73. The Kier molecular flexibility index (Phi) is 3.91. The van der Waals surface area contributed by atoms with Crippen LogP contribution in [0.4, 0.5) is 0 Å². The zero-order valence-electron chi connectivity index (χ0n) is 9.73. The molecule has 1 aliphatic rings. The van der Waals surface area contributed by atoms with Gasteiger partial charge in [-0.1, -0.05) is 31.9 Å². The van der Waals surface area contributed by atoms with Crippen molar-refractivity contribution in [2.45, 2.75) is 59.3 Å². The highest BCUT2D eigenvalue weighted by Gasteiger charge is 2.25. The summed E-state index contributed by atoms with van der Waals surface area (Å²) in [4.78, 5) is 10.3. The van der Waals surface area contributed by atoms with E-state index in [1.807, 2.05) is 0 Å². The number of hydrogen-bond acceptors (Lipinski definition) is 1. The molecule has 0 aromatic rings. The monoisotopic (exact) mass is 194 g/mol. The minimum Gasteiger partial charge on any atom is -0.303 e. The fourth-order valence-electron chi connectivity index (χ4n) is 2.37. The van der Waals surface area contributed by atoms with Crippen molar-refractivity contribution in [3.63, 3.8) is 0 Å². The summed E-state index contributed by atoms with van der Waals surface area (Å²) in [5, 5.41) is 0. The van der Waals surface area contributed by atoms with E-state index in [1.165, 1.54) is 19.3 Å². The lowest BCUT2D eigenvalue weighted by molar-refractivity contribution is -0.107. The van der Waals surface area contributed by atoms with Crippen LogP contribution in [0.3, 0.4) is 0 Å². The second kappa shape index (κ2) is 4.77. The van der Waals surface area contributed by atoms with Crippen LogP contribution in [-0.4, -0.2) is 6.29 Å². The molecular formula is C13H22O. The summed E-state index contributed by atoms with van der Waals surface area (Å²) in [5.74, 6) is 0. The summed E-state index contributed by atoms with van der Waals surface area (Å²) in [6, 6.07) is 0. The van der Waals surface area contributed by atoms with Gasteiger partial charge in [-0.05, 0) is 37.5 Å². The SMILES string of the molecule is CCC1=C(CCC=O)CCC(C)(C)C1. The maximum atomic E-state index is 10.3. The third kappa shape index (κ3) is 2.97. The van der Waals surface area contributed by atoms with Gasteiger partial charge < -0.3 is 4.79 Å². The molecule has 0 saturated carbocycles. The van der Waals surface area contributed by atoms with Crippen molar-refractivity contribution < 1.29 is 4.79 Å². The fraction of sp³-hybridized carbons (Fsp3) is 0.769. The highest BCUT2D eigenvalue weighted by atomic mass is 16.1. The summed E-state index contributed by atoms with van der Waals surface area (Å²) in [6.07, 6.45) is 7.64. The van der Waals surface area contributed by atoms with Crippen LogP contribution in [0.15, 0.2) is 11.1 Å². The predicted molar refractivity (Wildman–Crippen MR) is 60.2 cm³/mol. The summed E-state index contributed by atoms with van der Waals surface area (Å²) >= 11 is 0. The second-order valence-electron chi connectivity index (χ2n) is 5.11. The molecule has 80 valence electrons. The van der Waals surface area contributed by atoms with Gasteiger partial charge in [0.2, 0.25) is 0 Å². The molecule has 0 aromatic heterocycles. The molecule has 0 radical (unpaired) electrons. The Balaban J connectivity index is 2.69. The molecule has 0 amide bonds. The van der Waals surface area contributed by atoms with E-state index in [4.69, 9.17) is 0 Å². The Hall–Kier alpha value is -0.590. The highest BCUT2D eigenvalue weighted by Crippen LogP contribution is 2.40. The van der Waals surface area contributed by atoms with E-state index >= 15 is 0 Å². The van der Waals surface area contributed by atoms with Crippen LogP contribution in [0.1, 0.15) is 59.3 Å². The number of aldehydes is 1. The van der Waals surface area contributed by atoms with Crippen molar-refractivity contribution in [3.8, 4) is 0 Å². The van der Waals surface area contributed by atoms with Gasteiger partial charge in [-0.25, -0.2) is 0 Å². The maximum absolute atomic E-state index is 10.3. The van der Waals surface area contributed by atoms with Crippen molar-refractivity contribution in [1.29, 1.82) is 0 Å². The van der Waals surface area contributed by atoms with E-state index in [-0.39, 0.29) is 0 Å². The predicted octanol–water partition coefficient (Wildman–Crippen LogP) is 3.88. The van der Waals surface area contributed by atoms with Crippen molar-refractivity contribution in [1.82, 2.24) is 0 Å². The Morgan fingerprint density at radius 3 is 2.64 bits per heavy atom. The summed E-state index contributed by atoms with van der Waals surface area (Å²) < 4.78 is 0. The lowest BCUT2D eigenvalue weighted by Crippen LogP contribution is -2.18. The minimum atomic E-state index is 0.482. The van der Waals surface area contributed by atoms with Gasteiger partial charge in [-0.15, -0.1) is 0 Å². The zero-order chi connectivity index (χ0) is 10.6. The van der Waals surface area contributed by atoms with E-state index < -0.39 is 0 Å². The Bertz CT molecular complexity index is 236. The van der Waals surface area contributed by atoms with Crippen molar-refractivity contribution in [3.05, 3.63) is 11.1 Å². The van der Waals surface area contributed by atoms with Gasteiger partial charge in [0.1, 0.15) is 6.29 Å². The number of carbonyl (C=O) groups is 1. The Labute approximate surface area is 87.6 Å². The topological polar surface area (TPSA) is 17.1 Å². The molecule has 14 heavy (non-hydrogen) atoms. The molecule has 0 bridgehead atoms. The first-order valence-corrected chi connectivity index (χ1v) is 5.72. The number of carbonyl (C=O) groups excluding carboxylic acids is 1. The molecule has 0 spiro atoms. The molecule has 0 aliphatic heterocycles. The van der Waals surface area contributed by atoms with E-state index in [1.54, 1.807) is 11.1 Å². The average Bonchev–Trinajstić information content (AvgIpc) is 2.15. The highest BCUT2D eigenvalue weighted by molar-refractivity contribution is 5.50. The van der Waals surface area contributed by atoms with Crippen LogP contribution in [-0.2, 0) is 4.79 Å². The molecule has 0 fully saturated rings. The third-order valence-corrected chi connectivity index (χ3v) is 3.29. The number of hydrogen-bond donors (Lipinski definition) is 0. The van der Waals surface area contributed by atoms with Crippen LogP contribution in [0, 0.1) is 5.41 Å². The Morgan fingerprint density at radius 2 is 2.07 bits per heavy atom. The number of allylic oxidation sites excluding steroid dienone is 2. The van der Waals surface area contributed by atoms with Gasteiger partial charge in [0, 0.05) is 6.42 Å². The molecule has 1 rings (SSSR count). The van der Waals surface area contributed by atoms with Crippen LogP contribution >= 0.6 is 0 Å². The smallest absolute Gasteiger partial charge is 0.120 e. The summed E-state index contributed by atoms with van der Waals surface area (Å²) in [6.45, 7) is 6.93. The van der Waals surface area contributed by atoms with Crippen molar-refractivity contribution >= 4 is 6.29 Å². The molecule has 0 saturated heterocycles. The molecule has 1 heteroatoms.